The number of rotatable bonds is 7. The van der Waals surface area contributed by atoms with E-state index in [4.69, 9.17) is 0 Å². The lowest BCUT2D eigenvalue weighted by molar-refractivity contribution is 0.170. The van der Waals surface area contributed by atoms with Crippen molar-refractivity contribution < 1.29 is 10.2 Å². The quantitative estimate of drug-likeness (QED) is 0.703. The zero-order valence-corrected chi connectivity index (χ0v) is 17.0. The first-order chi connectivity index (χ1) is 12.2. The molecule has 0 unspecified atom stereocenters. The second kappa shape index (κ2) is 8.59. The van der Waals surface area contributed by atoms with Crippen molar-refractivity contribution in [2.45, 2.75) is 66.0 Å². The highest BCUT2D eigenvalue weighted by Gasteiger charge is 2.23. The van der Waals surface area contributed by atoms with Crippen LogP contribution in [0.25, 0.3) is 0 Å². The molecule has 2 N–H and O–H groups in total. The van der Waals surface area contributed by atoms with Crippen LogP contribution in [0.2, 0.25) is 0 Å². The van der Waals surface area contributed by atoms with Crippen molar-refractivity contribution in [2.24, 2.45) is 0 Å². The molecular formula is C23H33NO2. The fourth-order valence-corrected chi connectivity index (χ4v) is 3.77. The van der Waals surface area contributed by atoms with Gasteiger partial charge in [0.2, 0.25) is 0 Å². The number of aryl methyl sites for hydroxylation is 2. The van der Waals surface area contributed by atoms with Gasteiger partial charge in [0.05, 0.1) is 0 Å². The van der Waals surface area contributed by atoms with Gasteiger partial charge in [0.25, 0.3) is 0 Å². The summed E-state index contributed by atoms with van der Waals surface area (Å²) in [5.41, 5.74) is 3.82. The Hall–Kier alpha value is -2.00. The first-order valence-electron chi connectivity index (χ1n) is 9.55. The third-order valence-electron chi connectivity index (χ3n) is 5.13. The zero-order valence-electron chi connectivity index (χ0n) is 17.0. The maximum Gasteiger partial charge on any atom is 0.119 e. The predicted molar refractivity (Wildman–Crippen MR) is 109 cm³/mol. The van der Waals surface area contributed by atoms with Gasteiger partial charge in [0, 0.05) is 29.1 Å². The normalized spacial score (nSPS) is 11.9. The predicted octanol–water partition coefficient (Wildman–Crippen LogP) is 5.36. The molecule has 0 saturated heterocycles. The van der Waals surface area contributed by atoms with Crippen LogP contribution in [0, 0.1) is 13.8 Å². The van der Waals surface area contributed by atoms with Crippen LogP contribution in [0.15, 0.2) is 36.4 Å². The molecule has 0 aliphatic carbocycles. The van der Waals surface area contributed by atoms with E-state index in [-0.39, 0.29) is 5.92 Å². The van der Waals surface area contributed by atoms with Gasteiger partial charge in [0.15, 0.2) is 0 Å². The first kappa shape index (κ1) is 20.3. The molecule has 0 amide bonds. The minimum atomic E-state index is -0.0452. The standard InChI is InChI=1S/C23H33NO2/c1-15(2)24(16(3)4)12-11-19(20-9-7-17(5)13-22(20)25)21-10-8-18(6)14-23(21)26/h7-10,13-16,19,25-26H,11-12H2,1-6H3. The molecule has 0 aliphatic rings. The van der Waals surface area contributed by atoms with E-state index in [0.29, 0.717) is 23.6 Å². The zero-order chi connectivity index (χ0) is 19.4. The van der Waals surface area contributed by atoms with Crippen LogP contribution in [-0.4, -0.2) is 33.7 Å². The van der Waals surface area contributed by atoms with Gasteiger partial charge in [-0.25, -0.2) is 0 Å². The van der Waals surface area contributed by atoms with E-state index in [1.165, 1.54) is 0 Å². The summed E-state index contributed by atoms with van der Waals surface area (Å²) in [7, 11) is 0. The number of phenols is 2. The molecule has 0 fully saturated rings. The number of aromatic hydroxyl groups is 2. The Bertz CT molecular complexity index is 677. The number of phenolic OH excluding ortho intramolecular Hbond substituents is 2. The highest BCUT2D eigenvalue weighted by molar-refractivity contribution is 5.48. The van der Waals surface area contributed by atoms with Gasteiger partial charge >= 0.3 is 0 Å². The van der Waals surface area contributed by atoms with Crippen molar-refractivity contribution in [2.75, 3.05) is 6.54 Å². The second-order valence-corrected chi connectivity index (χ2v) is 7.89. The van der Waals surface area contributed by atoms with Gasteiger partial charge in [-0.05, 0) is 77.8 Å². The molecule has 142 valence electrons. The van der Waals surface area contributed by atoms with Crippen LogP contribution in [-0.2, 0) is 0 Å². The van der Waals surface area contributed by atoms with E-state index in [9.17, 15) is 10.2 Å². The molecule has 0 saturated carbocycles. The Kier molecular flexibility index (Phi) is 6.71. The van der Waals surface area contributed by atoms with Gasteiger partial charge in [-0.15, -0.1) is 0 Å². The van der Waals surface area contributed by atoms with Crippen LogP contribution < -0.4 is 0 Å². The minimum absolute atomic E-state index is 0.0452. The summed E-state index contributed by atoms with van der Waals surface area (Å²) in [5, 5.41) is 21.1. The molecule has 0 radical (unpaired) electrons. The van der Waals surface area contributed by atoms with E-state index < -0.39 is 0 Å². The maximum atomic E-state index is 10.6. The highest BCUT2D eigenvalue weighted by atomic mass is 16.3. The molecule has 0 bridgehead atoms. The largest absolute Gasteiger partial charge is 0.508 e. The maximum absolute atomic E-state index is 10.6. The average Bonchev–Trinajstić information content (AvgIpc) is 2.52. The van der Waals surface area contributed by atoms with Crippen LogP contribution >= 0.6 is 0 Å². The molecule has 26 heavy (non-hydrogen) atoms. The molecule has 3 heteroatoms. The summed E-state index contributed by atoms with van der Waals surface area (Å²) in [6.07, 6.45) is 0.837. The summed E-state index contributed by atoms with van der Waals surface area (Å²) < 4.78 is 0. The number of nitrogens with zero attached hydrogens (tertiary/aromatic N) is 1. The van der Waals surface area contributed by atoms with E-state index in [1.807, 2.05) is 38.1 Å². The van der Waals surface area contributed by atoms with Gasteiger partial charge < -0.3 is 10.2 Å². The van der Waals surface area contributed by atoms with Crippen molar-refractivity contribution in [3.63, 3.8) is 0 Å². The SMILES string of the molecule is Cc1ccc(C(CCN(C(C)C)C(C)C)c2ccc(C)cc2O)c(O)c1. The number of benzene rings is 2. The second-order valence-electron chi connectivity index (χ2n) is 7.89. The lowest BCUT2D eigenvalue weighted by Gasteiger charge is -2.32. The Morgan fingerprint density at radius 1 is 0.769 bits per heavy atom. The first-order valence-corrected chi connectivity index (χ1v) is 9.55. The Balaban J connectivity index is 2.41. The molecule has 2 rings (SSSR count). The monoisotopic (exact) mass is 355 g/mol. The fraction of sp³-hybridized carbons (Fsp3) is 0.478. The number of hydrogen-bond acceptors (Lipinski definition) is 3. The molecule has 0 aliphatic heterocycles. The molecule has 0 heterocycles. The summed E-state index contributed by atoms with van der Waals surface area (Å²) >= 11 is 0. The van der Waals surface area contributed by atoms with Crippen LogP contribution in [0.3, 0.4) is 0 Å². The Morgan fingerprint density at radius 3 is 1.54 bits per heavy atom. The van der Waals surface area contributed by atoms with Crippen molar-refractivity contribution >= 4 is 0 Å². The Labute approximate surface area is 158 Å². The van der Waals surface area contributed by atoms with Gasteiger partial charge in [-0.1, -0.05) is 24.3 Å². The summed E-state index contributed by atoms with van der Waals surface area (Å²) in [4.78, 5) is 2.45. The lowest BCUT2D eigenvalue weighted by atomic mass is 9.86. The van der Waals surface area contributed by atoms with Crippen molar-refractivity contribution in [3.8, 4) is 11.5 Å². The van der Waals surface area contributed by atoms with Crippen LogP contribution in [0.4, 0.5) is 0 Å². The highest BCUT2D eigenvalue weighted by Crippen LogP contribution is 2.39. The van der Waals surface area contributed by atoms with Crippen molar-refractivity contribution in [1.29, 1.82) is 0 Å². The van der Waals surface area contributed by atoms with Crippen LogP contribution in [0.1, 0.15) is 62.3 Å². The van der Waals surface area contributed by atoms with E-state index in [1.54, 1.807) is 12.1 Å². The molecule has 0 aromatic heterocycles. The summed E-state index contributed by atoms with van der Waals surface area (Å²) in [5.74, 6) is 0.558. The van der Waals surface area contributed by atoms with Crippen molar-refractivity contribution in [3.05, 3.63) is 58.7 Å². The van der Waals surface area contributed by atoms with Crippen LogP contribution in [0.5, 0.6) is 11.5 Å². The fourth-order valence-electron chi connectivity index (χ4n) is 3.77. The molecule has 2 aromatic carbocycles. The van der Waals surface area contributed by atoms with Crippen molar-refractivity contribution in [1.82, 2.24) is 4.90 Å². The average molecular weight is 356 g/mol. The third kappa shape index (κ3) is 4.79. The van der Waals surface area contributed by atoms with E-state index >= 15 is 0 Å². The van der Waals surface area contributed by atoms with Gasteiger partial charge in [0.1, 0.15) is 11.5 Å². The smallest absolute Gasteiger partial charge is 0.119 e. The summed E-state index contributed by atoms with van der Waals surface area (Å²) in [6, 6.07) is 12.5. The molecule has 0 spiro atoms. The molecule has 3 nitrogen and oxygen atoms in total. The molecule has 0 atom stereocenters. The molecule has 2 aromatic rings. The van der Waals surface area contributed by atoms with Gasteiger partial charge in [-0.3, -0.25) is 4.90 Å². The Morgan fingerprint density at radius 2 is 1.19 bits per heavy atom. The van der Waals surface area contributed by atoms with E-state index in [0.717, 1.165) is 35.2 Å². The topological polar surface area (TPSA) is 43.7 Å². The molecular weight excluding hydrogens is 322 g/mol. The number of hydrogen-bond donors (Lipinski definition) is 2. The lowest BCUT2D eigenvalue weighted by Crippen LogP contribution is -2.38. The van der Waals surface area contributed by atoms with E-state index in [2.05, 4.69) is 32.6 Å². The third-order valence-corrected chi connectivity index (χ3v) is 5.13. The van der Waals surface area contributed by atoms with Gasteiger partial charge in [-0.2, -0.15) is 0 Å². The minimum Gasteiger partial charge on any atom is -0.508 e. The summed E-state index contributed by atoms with van der Waals surface area (Å²) in [6.45, 7) is 13.7.